The Hall–Kier alpha value is -2.71. The van der Waals surface area contributed by atoms with Gasteiger partial charge in [0.05, 0.1) is 22.9 Å². The molecule has 118 valence electrons. The third kappa shape index (κ3) is 4.63. The van der Waals surface area contributed by atoms with Crippen LogP contribution in [0.1, 0.15) is 27.2 Å². The molecular weight excluding hydrogens is 288 g/mol. The van der Waals surface area contributed by atoms with Crippen molar-refractivity contribution in [1.29, 1.82) is 5.26 Å². The van der Waals surface area contributed by atoms with Gasteiger partial charge in [-0.2, -0.15) is 5.26 Å². The normalized spacial score (nSPS) is 10.4. The number of benzene rings is 1. The number of hydrogen-bond donors (Lipinski definition) is 0. The average Bonchev–Trinajstić information content (AvgIpc) is 2.55. The zero-order chi connectivity index (χ0) is 16.8. The third-order valence-electron chi connectivity index (χ3n) is 3.40. The topological polar surface area (TPSA) is 60.2 Å². The lowest BCUT2D eigenvalue weighted by Gasteiger charge is -2.17. The number of rotatable bonds is 5. The van der Waals surface area contributed by atoms with E-state index in [0.29, 0.717) is 17.7 Å². The minimum atomic E-state index is -0.0711. The summed E-state index contributed by atoms with van der Waals surface area (Å²) < 4.78 is 0. The second-order valence-corrected chi connectivity index (χ2v) is 5.75. The molecule has 0 aliphatic rings. The Bertz CT molecular complexity index is 699. The van der Waals surface area contributed by atoms with Crippen LogP contribution in [0.4, 0.5) is 0 Å². The van der Waals surface area contributed by atoms with Crippen LogP contribution in [-0.2, 0) is 13.1 Å². The van der Waals surface area contributed by atoms with Crippen LogP contribution in [0.2, 0.25) is 0 Å². The first-order valence-corrected chi connectivity index (χ1v) is 7.34. The van der Waals surface area contributed by atoms with Gasteiger partial charge in [0.15, 0.2) is 0 Å². The Labute approximate surface area is 136 Å². The molecule has 0 saturated heterocycles. The number of amides is 1. The van der Waals surface area contributed by atoms with Gasteiger partial charge in [0.1, 0.15) is 0 Å². The molecule has 0 N–H and O–H groups in total. The first-order chi connectivity index (χ1) is 11.0. The molecule has 1 aromatic heterocycles. The molecule has 0 unspecified atom stereocenters. The molecule has 0 radical (unpaired) electrons. The number of nitrogens with zero attached hydrogens (tertiary/aromatic N) is 4. The van der Waals surface area contributed by atoms with Crippen molar-refractivity contribution in [3.63, 3.8) is 0 Å². The number of aromatic nitrogens is 1. The van der Waals surface area contributed by atoms with Crippen LogP contribution in [0, 0.1) is 11.3 Å². The van der Waals surface area contributed by atoms with Gasteiger partial charge in [-0.3, -0.25) is 9.78 Å². The SMILES string of the molecule is CN(C)Cc1ccc(C(=O)N(C)Cc2ccc(C#N)cc2)cn1. The zero-order valence-electron chi connectivity index (χ0n) is 13.7. The van der Waals surface area contributed by atoms with Crippen molar-refractivity contribution in [2.45, 2.75) is 13.1 Å². The monoisotopic (exact) mass is 308 g/mol. The molecule has 1 heterocycles. The maximum absolute atomic E-state index is 12.4. The minimum absolute atomic E-state index is 0.0711. The largest absolute Gasteiger partial charge is 0.337 e. The molecule has 0 atom stereocenters. The molecule has 1 aromatic carbocycles. The van der Waals surface area contributed by atoms with E-state index in [0.717, 1.165) is 17.8 Å². The van der Waals surface area contributed by atoms with Gasteiger partial charge in [0, 0.05) is 26.3 Å². The Morgan fingerprint density at radius 1 is 1.09 bits per heavy atom. The van der Waals surface area contributed by atoms with E-state index in [1.54, 1.807) is 30.3 Å². The average molecular weight is 308 g/mol. The van der Waals surface area contributed by atoms with Crippen molar-refractivity contribution in [3.8, 4) is 6.07 Å². The van der Waals surface area contributed by atoms with Crippen molar-refractivity contribution >= 4 is 5.91 Å². The molecule has 1 amide bonds. The van der Waals surface area contributed by atoms with Gasteiger partial charge in [-0.1, -0.05) is 12.1 Å². The quantitative estimate of drug-likeness (QED) is 0.850. The van der Waals surface area contributed by atoms with Gasteiger partial charge in [-0.25, -0.2) is 0 Å². The van der Waals surface area contributed by atoms with Crippen LogP contribution in [0.3, 0.4) is 0 Å². The fourth-order valence-corrected chi connectivity index (χ4v) is 2.22. The van der Waals surface area contributed by atoms with E-state index in [1.807, 2.05) is 43.3 Å². The van der Waals surface area contributed by atoms with Crippen LogP contribution in [0.25, 0.3) is 0 Å². The predicted molar refractivity (Wildman–Crippen MR) is 88.6 cm³/mol. The molecule has 0 spiro atoms. The first kappa shape index (κ1) is 16.7. The van der Waals surface area contributed by atoms with Gasteiger partial charge in [0.2, 0.25) is 0 Å². The molecule has 0 fully saturated rings. The Balaban J connectivity index is 2.02. The summed E-state index contributed by atoms with van der Waals surface area (Å²) in [6.45, 7) is 1.24. The van der Waals surface area contributed by atoms with E-state index in [2.05, 4.69) is 11.1 Å². The summed E-state index contributed by atoms with van der Waals surface area (Å²) >= 11 is 0. The number of nitriles is 1. The summed E-state index contributed by atoms with van der Waals surface area (Å²) in [6, 6.07) is 13.0. The van der Waals surface area contributed by atoms with E-state index < -0.39 is 0 Å². The van der Waals surface area contributed by atoms with Crippen LogP contribution >= 0.6 is 0 Å². The zero-order valence-corrected chi connectivity index (χ0v) is 13.7. The third-order valence-corrected chi connectivity index (χ3v) is 3.40. The lowest BCUT2D eigenvalue weighted by atomic mass is 10.1. The molecule has 0 saturated carbocycles. The molecule has 0 bridgehead atoms. The van der Waals surface area contributed by atoms with Crippen molar-refractivity contribution in [3.05, 3.63) is 65.0 Å². The number of hydrogen-bond acceptors (Lipinski definition) is 4. The highest BCUT2D eigenvalue weighted by Crippen LogP contribution is 2.10. The Kier molecular flexibility index (Phi) is 5.45. The Morgan fingerprint density at radius 3 is 2.30 bits per heavy atom. The summed E-state index contributed by atoms with van der Waals surface area (Å²) in [6.07, 6.45) is 1.62. The number of carbonyl (C=O) groups is 1. The summed E-state index contributed by atoms with van der Waals surface area (Å²) in [4.78, 5) is 20.4. The van der Waals surface area contributed by atoms with Crippen molar-refractivity contribution < 1.29 is 4.79 Å². The van der Waals surface area contributed by atoms with E-state index in [9.17, 15) is 4.79 Å². The van der Waals surface area contributed by atoms with Gasteiger partial charge < -0.3 is 9.80 Å². The van der Waals surface area contributed by atoms with Crippen LogP contribution in [0.5, 0.6) is 0 Å². The molecule has 23 heavy (non-hydrogen) atoms. The van der Waals surface area contributed by atoms with E-state index in [1.165, 1.54) is 0 Å². The van der Waals surface area contributed by atoms with E-state index in [-0.39, 0.29) is 5.91 Å². The highest BCUT2D eigenvalue weighted by molar-refractivity contribution is 5.93. The van der Waals surface area contributed by atoms with E-state index in [4.69, 9.17) is 5.26 Å². The molecule has 0 aliphatic carbocycles. The van der Waals surface area contributed by atoms with Gasteiger partial charge >= 0.3 is 0 Å². The summed E-state index contributed by atoms with van der Waals surface area (Å²) in [7, 11) is 5.71. The van der Waals surface area contributed by atoms with Crippen molar-refractivity contribution in [2.24, 2.45) is 0 Å². The van der Waals surface area contributed by atoms with Gasteiger partial charge in [-0.15, -0.1) is 0 Å². The molecule has 0 aliphatic heterocycles. The first-order valence-electron chi connectivity index (χ1n) is 7.34. The maximum atomic E-state index is 12.4. The van der Waals surface area contributed by atoms with E-state index >= 15 is 0 Å². The molecule has 5 nitrogen and oxygen atoms in total. The lowest BCUT2D eigenvalue weighted by Crippen LogP contribution is -2.26. The van der Waals surface area contributed by atoms with Gasteiger partial charge in [-0.05, 0) is 43.9 Å². The molecule has 2 aromatic rings. The summed E-state index contributed by atoms with van der Waals surface area (Å²) in [5, 5.41) is 8.80. The van der Waals surface area contributed by atoms with Crippen LogP contribution in [0.15, 0.2) is 42.6 Å². The molecule has 2 rings (SSSR count). The summed E-state index contributed by atoms with van der Waals surface area (Å²) in [5.41, 5.74) is 3.10. The fraction of sp³-hybridized carbons (Fsp3) is 0.278. The van der Waals surface area contributed by atoms with Gasteiger partial charge in [0.25, 0.3) is 5.91 Å². The Morgan fingerprint density at radius 2 is 1.78 bits per heavy atom. The molecule has 5 heteroatoms. The van der Waals surface area contributed by atoms with Crippen LogP contribution < -0.4 is 0 Å². The minimum Gasteiger partial charge on any atom is -0.337 e. The highest BCUT2D eigenvalue weighted by Gasteiger charge is 2.12. The smallest absolute Gasteiger partial charge is 0.255 e. The lowest BCUT2D eigenvalue weighted by molar-refractivity contribution is 0.0784. The maximum Gasteiger partial charge on any atom is 0.255 e. The fourth-order valence-electron chi connectivity index (χ4n) is 2.22. The predicted octanol–water partition coefficient (Wildman–Crippen LogP) is 2.29. The molecular formula is C18H20N4O. The van der Waals surface area contributed by atoms with Crippen molar-refractivity contribution in [1.82, 2.24) is 14.8 Å². The standard InChI is InChI=1S/C18H20N4O/c1-21(2)13-17-9-8-16(11-20-17)18(23)22(3)12-15-6-4-14(10-19)5-7-15/h4-9,11H,12-13H2,1-3H3. The van der Waals surface area contributed by atoms with Crippen molar-refractivity contribution in [2.75, 3.05) is 21.1 Å². The number of carbonyl (C=O) groups excluding carboxylic acids is 1. The van der Waals surface area contributed by atoms with Crippen LogP contribution in [-0.4, -0.2) is 41.8 Å². The second kappa shape index (κ2) is 7.52. The second-order valence-electron chi connectivity index (χ2n) is 5.75. The highest BCUT2D eigenvalue weighted by atomic mass is 16.2. The summed E-state index contributed by atoms with van der Waals surface area (Å²) in [5.74, 6) is -0.0711. The number of pyridine rings is 1.